The highest BCUT2D eigenvalue weighted by Gasteiger charge is 2.18. The Morgan fingerprint density at radius 1 is 1.32 bits per heavy atom. The molecule has 19 heavy (non-hydrogen) atoms. The van der Waals surface area contributed by atoms with Crippen molar-refractivity contribution in [3.8, 4) is 5.75 Å². The van der Waals surface area contributed by atoms with Crippen molar-refractivity contribution >= 4 is 0 Å². The molecule has 4 heteroatoms. The van der Waals surface area contributed by atoms with Crippen LogP contribution >= 0.6 is 0 Å². The molecule has 1 atom stereocenters. The lowest BCUT2D eigenvalue weighted by Crippen LogP contribution is -2.22. The number of para-hydroxylation sites is 1. The van der Waals surface area contributed by atoms with E-state index in [1.165, 1.54) is 0 Å². The van der Waals surface area contributed by atoms with Gasteiger partial charge in [-0.05, 0) is 19.5 Å². The predicted octanol–water partition coefficient (Wildman–Crippen LogP) is 2.52. The van der Waals surface area contributed by atoms with Crippen LogP contribution in [0.3, 0.4) is 0 Å². The molecule has 0 aliphatic heterocycles. The van der Waals surface area contributed by atoms with Gasteiger partial charge in [-0.3, -0.25) is 4.68 Å². The van der Waals surface area contributed by atoms with Crippen LogP contribution in [-0.4, -0.2) is 22.9 Å². The van der Waals surface area contributed by atoms with Gasteiger partial charge in [0.2, 0.25) is 0 Å². The summed E-state index contributed by atoms with van der Waals surface area (Å²) >= 11 is 0. The van der Waals surface area contributed by atoms with Gasteiger partial charge in [0.25, 0.3) is 0 Å². The number of aryl methyl sites for hydroxylation is 1. The number of hydrogen-bond donors (Lipinski definition) is 1. The van der Waals surface area contributed by atoms with Crippen LogP contribution in [0.4, 0.5) is 0 Å². The fraction of sp³-hybridized carbons (Fsp3) is 0.400. The molecule has 1 N–H and O–H groups in total. The van der Waals surface area contributed by atoms with Crippen molar-refractivity contribution in [3.63, 3.8) is 0 Å². The molecule has 0 amide bonds. The van der Waals surface area contributed by atoms with Crippen LogP contribution in [0.25, 0.3) is 0 Å². The van der Waals surface area contributed by atoms with E-state index in [2.05, 4.69) is 23.4 Å². The van der Waals surface area contributed by atoms with Gasteiger partial charge >= 0.3 is 0 Å². The minimum absolute atomic E-state index is 0.112. The van der Waals surface area contributed by atoms with Crippen molar-refractivity contribution in [1.82, 2.24) is 15.1 Å². The Bertz CT molecular complexity index is 522. The second kappa shape index (κ2) is 6.38. The second-order valence-electron chi connectivity index (χ2n) is 4.41. The van der Waals surface area contributed by atoms with Crippen molar-refractivity contribution in [1.29, 1.82) is 0 Å². The van der Waals surface area contributed by atoms with Crippen molar-refractivity contribution < 1.29 is 4.74 Å². The van der Waals surface area contributed by atoms with E-state index < -0.39 is 0 Å². The Labute approximate surface area is 114 Å². The van der Waals surface area contributed by atoms with Crippen LogP contribution in [0.5, 0.6) is 5.75 Å². The molecule has 1 aromatic carbocycles. The highest BCUT2D eigenvalue weighted by molar-refractivity contribution is 5.40. The van der Waals surface area contributed by atoms with Crippen molar-refractivity contribution in [3.05, 3.63) is 47.8 Å². The average molecular weight is 259 g/mol. The maximum Gasteiger partial charge on any atom is 0.124 e. The van der Waals surface area contributed by atoms with E-state index in [4.69, 9.17) is 4.74 Å². The Balaban J connectivity index is 2.38. The van der Waals surface area contributed by atoms with Gasteiger partial charge in [0, 0.05) is 24.4 Å². The summed E-state index contributed by atoms with van der Waals surface area (Å²) in [5.41, 5.74) is 2.30. The number of hydrogen-bond acceptors (Lipinski definition) is 3. The lowest BCUT2D eigenvalue weighted by atomic mass is 10.0. The summed E-state index contributed by atoms with van der Waals surface area (Å²) in [7, 11) is 1.93. The van der Waals surface area contributed by atoms with E-state index in [0.717, 1.165) is 23.4 Å². The molecule has 0 aliphatic carbocycles. The first-order valence-corrected chi connectivity index (χ1v) is 6.69. The molecular formula is C15H21N3O. The highest BCUT2D eigenvalue weighted by Crippen LogP contribution is 2.29. The topological polar surface area (TPSA) is 39.1 Å². The first-order chi connectivity index (χ1) is 9.26. The first-order valence-electron chi connectivity index (χ1n) is 6.69. The van der Waals surface area contributed by atoms with E-state index in [-0.39, 0.29) is 6.04 Å². The van der Waals surface area contributed by atoms with Crippen molar-refractivity contribution in [2.45, 2.75) is 19.9 Å². The Hall–Kier alpha value is -1.81. The van der Waals surface area contributed by atoms with Gasteiger partial charge < -0.3 is 10.1 Å². The largest absolute Gasteiger partial charge is 0.494 e. The molecule has 0 bridgehead atoms. The molecule has 102 valence electrons. The third-order valence-electron chi connectivity index (χ3n) is 3.00. The number of benzene rings is 1. The van der Waals surface area contributed by atoms with Crippen LogP contribution in [-0.2, 0) is 7.05 Å². The molecule has 2 rings (SSSR count). The molecular weight excluding hydrogens is 238 g/mol. The van der Waals surface area contributed by atoms with Gasteiger partial charge in [-0.15, -0.1) is 0 Å². The van der Waals surface area contributed by atoms with Gasteiger partial charge in [-0.25, -0.2) is 0 Å². The SMILES string of the molecule is CCNC(c1cnn(C)c1)c1ccccc1OCC. The van der Waals surface area contributed by atoms with Crippen LogP contribution in [0.15, 0.2) is 36.7 Å². The smallest absolute Gasteiger partial charge is 0.124 e. The fourth-order valence-corrected chi connectivity index (χ4v) is 2.21. The van der Waals surface area contributed by atoms with E-state index in [0.29, 0.717) is 6.61 Å². The third kappa shape index (κ3) is 3.15. The Morgan fingerprint density at radius 3 is 2.74 bits per heavy atom. The van der Waals surface area contributed by atoms with Crippen LogP contribution in [0.1, 0.15) is 31.0 Å². The van der Waals surface area contributed by atoms with Gasteiger partial charge in [0.15, 0.2) is 0 Å². The molecule has 0 spiro atoms. The van der Waals surface area contributed by atoms with Crippen LogP contribution in [0.2, 0.25) is 0 Å². The molecule has 1 heterocycles. The van der Waals surface area contributed by atoms with E-state index in [9.17, 15) is 0 Å². The van der Waals surface area contributed by atoms with Crippen molar-refractivity contribution in [2.24, 2.45) is 7.05 Å². The van der Waals surface area contributed by atoms with Crippen LogP contribution < -0.4 is 10.1 Å². The second-order valence-corrected chi connectivity index (χ2v) is 4.41. The molecule has 0 fully saturated rings. The summed E-state index contributed by atoms with van der Waals surface area (Å²) in [4.78, 5) is 0. The predicted molar refractivity (Wildman–Crippen MR) is 76.3 cm³/mol. The van der Waals surface area contributed by atoms with E-state index in [1.54, 1.807) is 0 Å². The standard InChI is InChI=1S/C15H21N3O/c1-4-16-15(12-10-17-18(3)11-12)13-8-6-7-9-14(13)19-5-2/h6-11,15-16H,4-5H2,1-3H3. The maximum atomic E-state index is 5.73. The summed E-state index contributed by atoms with van der Waals surface area (Å²) in [6.07, 6.45) is 3.94. The fourth-order valence-electron chi connectivity index (χ4n) is 2.21. The minimum Gasteiger partial charge on any atom is -0.494 e. The third-order valence-corrected chi connectivity index (χ3v) is 3.00. The van der Waals surface area contributed by atoms with Crippen molar-refractivity contribution in [2.75, 3.05) is 13.2 Å². The Morgan fingerprint density at radius 2 is 2.11 bits per heavy atom. The van der Waals surface area contributed by atoms with Gasteiger partial charge in [0.1, 0.15) is 5.75 Å². The zero-order chi connectivity index (χ0) is 13.7. The number of rotatable bonds is 6. The van der Waals surface area contributed by atoms with E-state index >= 15 is 0 Å². The molecule has 1 aromatic heterocycles. The molecule has 0 saturated heterocycles. The van der Waals surface area contributed by atoms with E-state index in [1.807, 2.05) is 49.2 Å². The summed E-state index contributed by atoms with van der Waals surface area (Å²) in [6.45, 7) is 5.67. The van der Waals surface area contributed by atoms with Crippen LogP contribution in [0, 0.1) is 0 Å². The molecule has 0 radical (unpaired) electrons. The minimum atomic E-state index is 0.112. The molecule has 1 unspecified atom stereocenters. The molecule has 4 nitrogen and oxygen atoms in total. The number of nitrogens with one attached hydrogen (secondary N) is 1. The quantitative estimate of drug-likeness (QED) is 0.866. The lowest BCUT2D eigenvalue weighted by Gasteiger charge is -2.20. The summed E-state index contributed by atoms with van der Waals surface area (Å²) in [6, 6.07) is 8.27. The van der Waals surface area contributed by atoms with Gasteiger partial charge in [-0.2, -0.15) is 5.10 Å². The zero-order valence-corrected chi connectivity index (χ0v) is 11.8. The highest BCUT2D eigenvalue weighted by atomic mass is 16.5. The normalized spacial score (nSPS) is 12.4. The number of nitrogens with zero attached hydrogens (tertiary/aromatic N) is 2. The average Bonchev–Trinajstić information content (AvgIpc) is 2.84. The first kappa shape index (κ1) is 13.6. The summed E-state index contributed by atoms with van der Waals surface area (Å²) in [5, 5.41) is 7.75. The summed E-state index contributed by atoms with van der Waals surface area (Å²) < 4.78 is 7.55. The summed E-state index contributed by atoms with van der Waals surface area (Å²) in [5.74, 6) is 0.930. The number of aromatic nitrogens is 2. The van der Waals surface area contributed by atoms with Gasteiger partial charge in [-0.1, -0.05) is 25.1 Å². The monoisotopic (exact) mass is 259 g/mol. The zero-order valence-electron chi connectivity index (χ0n) is 11.8. The lowest BCUT2D eigenvalue weighted by molar-refractivity contribution is 0.333. The molecule has 0 saturated carbocycles. The Kier molecular flexibility index (Phi) is 4.58. The molecule has 2 aromatic rings. The molecule has 0 aliphatic rings. The van der Waals surface area contributed by atoms with Gasteiger partial charge in [0.05, 0.1) is 18.8 Å². The number of ether oxygens (including phenoxy) is 1. The maximum absolute atomic E-state index is 5.73.